The van der Waals surface area contributed by atoms with E-state index in [2.05, 4.69) is 47.2 Å². The number of carbonyl (C=O) groups excluding carboxylic acids is 5. The number of primary amides is 1. The van der Waals surface area contributed by atoms with Gasteiger partial charge < -0.3 is 31.7 Å². The summed E-state index contributed by atoms with van der Waals surface area (Å²) in [6, 6.07) is 6.91. The number of rotatable bonds is 13. The Balaban J connectivity index is 1.47. The third kappa shape index (κ3) is 8.73. The SMILES string of the molecule is CC(C)(C(N)=O)C(=O)NCCCCc1nc(Nc2cccc(NC(=O)CNC(=O)C3CCC(=O)O3)c2)ncc1Br. The van der Waals surface area contributed by atoms with Gasteiger partial charge in [0.05, 0.1) is 16.7 Å². The van der Waals surface area contributed by atoms with Gasteiger partial charge in [-0.25, -0.2) is 9.97 Å². The molecule has 214 valence electrons. The molecule has 2 heterocycles. The maximum Gasteiger partial charge on any atom is 0.306 e. The molecule has 2 aromatic rings. The number of anilines is 3. The average molecular weight is 618 g/mol. The van der Waals surface area contributed by atoms with Crippen molar-refractivity contribution >= 4 is 62.9 Å². The van der Waals surface area contributed by atoms with Gasteiger partial charge in [0, 0.05) is 37.0 Å². The molecule has 0 radical (unpaired) electrons. The summed E-state index contributed by atoms with van der Waals surface area (Å²) >= 11 is 3.46. The summed E-state index contributed by atoms with van der Waals surface area (Å²) in [6.07, 6.45) is 3.29. The van der Waals surface area contributed by atoms with Gasteiger partial charge in [0.2, 0.25) is 23.7 Å². The van der Waals surface area contributed by atoms with E-state index in [4.69, 9.17) is 10.5 Å². The Labute approximate surface area is 239 Å². The zero-order valence-corrected chi connectivity index (χ0v) is 23.8. The van der Waals surface area contributed by atoms with E-state index in [0.29, 0.717) is 43.1 Å². The predicted octanol–water partition coefficient (Wildman–Crippen LogP) is 1.69. The van der Waals surface area contributed by atoms with E-state index in [1.807, 2.05) is 0 Å². The highest BCUT2D eigenvalue weighted by Crippen LogP contribution is 2.22. The van der Waals surface area contributed by atoms with E-state index in [9.17, 15) is 24.0 Å². The van der Waals surface area contributed by atoms with E-state index < -0.39 is 41.1 Å². The summed E-state index contributed by atoms with van der Waals surface area (Å²) in [5, 5.41) is 11.0. The predicted molar refractivity (Wildman–Crippen MR) is 149 cm³/mol. The molecule has 1 aliphatic heterocycles. The molecule has 13 nitrogen and oxygen atoms in total. The molecule has 1 aromatic carbocycles. The van der Waals surface area contributed by atoms with Crippen LogP contribution in [0.15, 0.2) is 34.9 Å². The maximum atomic E-state index is 12.3. The first-order valence-corrected chi connectivity index (χ1v) is 13.5. The van der Waals surface area contributed by atoms with Crippen molar-refractivity contribution in [1.82, 2.24) is 20.6 Å². The van der Waals surface area contributed by atoms with Gasteiger partial charge in [-0.05, 0) is 67.2 Å². The number of cyclic esters (lactones) is 1. The van der Waals surface area contributed by atoms with E-state index in [1.54, 1.807) is 30.5 Å². The minimum absolute atomic E-state index is 0.186. The number of halogens is 1. The van der Waals surface area contributed by atoms with Crippen LogP contribution in [-0.2, 0) is 35.1 Å². The second-order valence-electron chi connectivity index (χ2n) is 9.68. The third-order valence-corrected chi connectivity index (χ3v) is 6.79. The number of unbranched alkanes of at least 4 members (excludes halogenated alkanes) is 1. The Morgan fingerprint density at radius 3 is 2.60 bits per heavy atom. The van der Waals surface area contributed by atoms with Gasteiger partial charge in [-0.2, -0.15) is 0 Å². The molecule has 14 heteroatoms. The fraction of sp³-hybridized carbons (Fsp3) is 0.423. The molecule has 0 spiro atoms. The molecule has 1 aliphatic rings. The number of esters is 1. The lowest BCUT2D eigenvalue weighted by molar-refractivity contribution is -0.148. The van der Waals surface area contributed by atoms with E-state index >= 15 is 0 Å². The summed E-state index contributed by atoms with van der Waals surface area (Å²) in [5.41, 5.74) is 5.90. The highest BCUT2D eigenvalue weighted by atomic mass is 79.9. The van der Waals surface area contributed by atoms with Gasteiger partial charge in [0.1, 0.15) is 5.41 Å². The van der Waals surface area contributed by atoms with E-state index in [1.165, 1.54) is 13.8 Å². The average Bonchev–Trinajstić information content (AvgIpc) is 3.35. The molecule has 0 aliphatic carbocycles. The Morgan fingerprint density at radius 1 is 1.15 bits per heavy atom. The van der Waals surface area contributed by atoms with Crippen molar-refractivity contribution in [3.63, 3.8) is 0 Å². The Hall–Kier alpha value is -4.07. The third-order valence-electron chi connectivity index (χ3n) is 6.13. The Morgan fingerprint density at radius 2 is 1.90 bits per heavy atom. The minimum Gasteiger partial charge on any atom is -0.452 e. The van der Waals surface area contributed by atoms with Crippen molar-refractivity contribution in [3.8, 4) is 0 Å². The highest BCUT2D eigenvalue weighted by molar-refractivity contribution is 9.10. The monoisotopic (exact) mass is 617 g/mol. The van der Waals surface area contributed by atoms with Crippen molar-refractivity contribution in [2.24, 2.45) is 11.1 Å². The lowest BCUT2D eigenvalue weighted by atomic mass is 9.91. The van der Waals surface area contributed by atoms with Crippen molar-refractivity contribution in [2.75, 3.05) is 23.7 Å². The minimum atomic E-state index is -1.26. The molecule has 1 saturated heterocycles. The smallest absolute Gasteiger partial charge is 0.306 e. The number of hydrogen-bond donors (Lipinski definition) is 5. The van der Waals surface area contributed by atoms with Crippen LogP contribution in [0, 0.1) is 5.41 Å². The number of aryl methyl sites for hydroxylation is 1. The lowest BCUT2D eigenvalue weighted by Gasteiger charge is -2.19. The van der Waals surface area contributed by atoms with Crippen molar-refractivity contribution in [2.45, 2.75) is 52.1 Å². The van der Waals surface area contributed by atoms with Crippen LogP contribution in [0.4, 0.5) is 17.3 Å². The first-order chi connectivity index (χ1) is 19.0. The number of hydrogen-bond acceptors (Lipinski definition) is 9. The largest absolute Gasteiger partial charge is 0.452 e. The van der Waals surface area contributed by atoms with Gasteiger partial charge >= 0.3 is 5.97 Å². The maximum absolute atomic E-state index is 12.3. The molecule has 0 bridgehead atoms. The van der Waals surface area contributed by atoms with Crippen LogP contribution in [0.2, 0.25) is 0 Å². The number of ether oxygens (including phenoxy) is 1. The molecule has 1 atom stereocenters. The van der Waals surface area contributed by atoms with Gasteiger partial charge in [-0.15, -0.1) is 0 Å². The molecule has 40 heavy (non-hydrogen) atoms. The molecule has 1 aromatic heterocycles. The summed E-state index contributed by atoms with van der Waals surface area (Å²) in [5.74, 6) is -2.10. The van der Waals surface area contributed by atoms with Crippen LogP contribution < -0.4 is 27.0 Å². The zero-order chi connectivity index (χ0) is 29.3. The number of carbonyl (C=O) groups is 5. The first kappa shape index (κ1) is 30.5. The molecule has 1 unspecified atom stereocenters. The summed E-state index contributed by atoms with van der Waals surface area (Å²) in [7, 11) is 0. The topological polar surface area (TPSA) is 194 Å². The molecule has 1 fully saturated rings. The molecule has 6 N–H and O–H groups in total. The second kappa shape index (κ2) is 13.8. The molecular formula is C26H32BrN7O6. The van der Waals surface area contributed by atoms with Gasteiger partial charge in [0.25, 0.3) is 5.91 Å². The zero-order valence-electron chi connectivity index (χ0n) is 22.2. The van der Waals surface area contributed by atoms with Crippen LogP contribution in [-0.4, -0.2) is 58.8 Å². The van der Waals surface area contributed by atoms with Crippen molar-refractivity contribution in [3.05, 3.63) is 40.6 Å². The lowest BCUT2D eigenvalue weighted by Crippen LogP contribution is -2.45. The molecule has 3 rings (SSSR count). The fourth-order valence-electron chi connectivity index (χ4n) is 3.59. The summed E-state index contributed by atoms with van der Waals surface area (Å²) in [4.78, 5) is 67.8. The molecule has 0 saturated carbocycles. The number of benzene rings is 1. The standard InChI is InChI=1S/C26H32BrN7O6/c1-26(2,23(28)38)24(39)29-11-4-3-8-18-17(27)13-31-25(34-18)33-16-7-5-6-15(12-16)32-20(35)14-30-22(37)19-9-10-21(36)40-19/h5-7,12-13,19H,3-4,8-11,14H2,1-2H3,(H2,28,38)(H,29,39)(H,30,37)(H,32,35)(H,31,33,34). The highest BCUT2D eigenvalue weighted by Gasteiger charge is 2.33. The van der Waals surface area contributed by atoms with E-state index in [-0.39, 0.29) is 13.0 Å². The number of aromatic nitrogens is 2. The second-order valence-corrected chi connectivity index (χ2v) is 10.5. The van der Waals surface area contributed by atoms with Crippen molar-refractivity contribution in [1.29, 1.82) is 0 Å². The Bertz CT molecular complexity index is 1290. The van der Waals surface area contributed by atoms with Gasteiger partial charge in [-0.1, -0.05) is 6.07 Å². The normalized spacial score (nSPS) is 14.7. The molecule has 4 amide bonds. The van der Waals surface area contributed by atoms with Crippen LogP contribution in [0.25, 0.3) is 0 Å². The number of nitrogens with zero attached hydrogens (tertiary/aromatic N) is 2. The summed E-state index contributed by atoms with van der Waals surface area (Å²) in [6.45, 7) is 3.10. The number of nitrogens with two attached hydrogens (primary N) is 1. The quantitative estimate of drug-likeness (QED) is 0.126. The summed E-state index contributed by atoms with van der Waals surface area (Å²) < 4.78 is 5.63. The van der Waals surface area contributed by atoms with E-state index in [0.717, 1.165) is 16.6 Å². The molecular weight excluding hydrogens is 586 g/mol. The van der Waals surface area contributed by atoms with Crippen LogP contribution >= 0.6 is 15.9 Å². The van der Waals surface area contributed by atoms with Gasteiger partial charge in [-0.3, -0.25) is 24.0 Å². The number of amides is 4. The van der Waals surface area contributed by atoms with Gasteiger partial charge in [0.15, 0.2) is 6.10 Å². The van der Waals surface area contributed by atoms with Crippen LogP contribution in [0.1, 0.15) is 45.2 Å². The van der Waals surface area contributed by atoms with Crippen LogP contribution in [0.3, 0.4) is 0 Å². The first-order valence-electron chi connectivity index (χ1n) is 12.7. The van der Waals surface area contributed by atoms with Crippen molar-refractivity contribution < 1.29 is 28.7 Å². The Kier molecular flexibility index (Phi) is 10.5. The van der Waals surface area contributed by atoms with Crippen LogP contribution in [0.5, 0.6) is 0 Å². The fourth-order valence-corrected chi connectivity index (χ4v) is 3.98. The number of nitrogens with one attached hydrogen (secondary N) is 4.